The molecule has 0 bridgehead atoms. The zero-order chi connectivity index (χ0) is 25.0. The van der Waals surface area contributed by atoms with Crippen LogP contribution in [0.25, 0.3) is 0 Å². The molecule has 0 atom stereocenters. The van der Waals surface area contributed by atoms with Gasteiger partial charge in [0.15, 0.2) is 12.6 Å². The van der Waals surface area contributed by atoms with Crippen molar-refractivity contribution in [2.75, 3.05) is 0 Å². The van der Waals surface area contributed by atoms with E-state index in [2.05, 4.69) is 146 Å². The Bertz CT molecular complexity index is 1150. The van der Waals surface area contributed by atoms with Crippen molar-refractivity contribution in [3.8, 4) is 0 Å². The normalized spacial score (nSPS) is 10.4. The molecule has 0 saturated carbocycles. The average molecular weight is 505 g/mol. The van der Waals surface area contributed by atoms with Crippen molar-refractivity contribution >= 4 is 60.2 Å². The topological polar surface area (TPSA) is 34.1 Å². The van der Waals surface area contributed by atoms with Crippen molar-refractivity contribution in [3.63, 3.8) is 0 Å². The van der Waals surface area contributed by atoms with E-state index in [1.165, 1.54) is 31.8 Å². The Morgan fingerprint density at radius 3 is 0.694 bits per heavy atom. The fourth-order valence-corrected chi connectivity index (χ4v) is 8.52. The highest BCUT2D eigenvalue weighted by Crippen LogP contribution is 2.35. The van der Waals surface area contributed by atoms with Gasteiger partial charge < -0.3 is 0 Å². The Hall–Kier alpha value is -3.70. The Labute approximate surface area is 215 Å². The van der Waals surface area contributed by atoms with Crippen LogP contribution in [0.5, 0.6) is 0 Å². The molecule has 2 nitrogen and oxygen atoms in total. The van der Waals surface area contributed by atoms with Crippen molar-refractivity contribution in [2.24, 2.45) is 0 Å². The Balaban J connectivity index is 0.000000709. The van der Waals surface area contributed by atoms with Crippen LogP contribution < -0.4 is 31.8 Å². The lowest BCUT2D eigenvalue weighted by Crippen LogP contribution is -2.24. The third-order valence-corrected chi connectivity index (χ3v) is 10.4. The summed E-state index contributed by atoms with van der Waals surface area (Å²) in [4.78, 5) is 17.6. The fourth-order valence-electron chi connectivity index (χ4n) is 3.95. The van der Waals surface area contributed by atoms with Gasteiger partial charge in [-0.3, -0.25) is 9.59 Å². The molecule has 0 unspecified atom stereocenters. The summed E-state index contributed by atoms with van der Waals surface area (Å²) in [6.07, 6.45) is 0.389. The second kappa shape index (κ2) is 13.4. The van der Waals surface area contributed by atoms with Crippen LogP contribution in [0.1, 0.15) is 0 Å². The molecular formula is C32H26O2P2. The summed E-state index contributed by atoms with van der Waals surface area (Å²) >= 11 is 0. The second-order valence-electron chi connectivity index (χ2n) is 7.80. The summed E-state index contributed by atoms with van der Waals surface area (Å²) < 4.78 is 0. The maximum absolute atomic E-state index is 8.81. The van der Waals surface area contributed by atoms with Crippen LogP contribution in [0.15, 0.2) is 146 Å². The van der Waals surface area contributed by atoms with Gasteiger partial charge in [0.05, 0.1) is 0 Å². The predicted octanol–water partition coefficient (Wildman–Crippen LogP) is 4.59. The first-order valence-corrected chi connectivity index (χ1v) is 14.3. The van der Waals surface area contributed by atoms with Gasteiger partial charge in [-0.05, 0) is 47.7 Å². The van der Waals surface area contributed by atoms with Crippen LogP contribution in [-0.4, -0.2) is 12.6 Å². The zero-order valence-electron chi connectivity index (χ0n) is 19.7. The summed E-state index contributed by atoms with van der Waals surface area (Å²) in [7, 11) is -1.16. The van der Waals surface area contributed by atoms with E-state index in [1.54, 1.807) is 0 Å². The van der Waals surface area contributed by atoms with Gasteiger partial charge in [0.1, 0.15) is 0 Å². The van der Waals surface area contributed by atoms with E-state index in [1.807, 2.05) is 0 Å². The number of rotatable bonds is 7. The highest BCUT2D eigenvalue weighted by atomic mass is 31.1. The lowest BCUT2D eigenvalue weighted by atomic mass is 10.3. The van der Waals surface area contributed by atoms with Crippen molar-refractivity contribution in [3.05, 3.63) is 146 Å². The number of aldehydes is 2. The number of hydrogen-bond acceptors (Lipinski definition) is 2. The Morgan fingerprint density at radius 2 is 0.500 bits per heavy atom. The molecule has 36 heavy (non-hydrogen) atoms. The van der Waals surface area contributed by atoms with Crippen LogP contribution in [0, 0.1) is 0 Å². The Morgan fingerprint density at radius 1 is 0.306 bits per heavy atom. The SMILES string of the molecule is O=CC=O.c1ccc(P(c2ccccc2)c2ccc(P(c3ccccc3)c3ccccc3)cc2)cc1. The summed E-state index contributed by atoms with van der Waals surface area (Å²) in [6, 6.07) is 53.0. The summed E-state index contributed by atoms with van der Waals surface area (Å²) in [6.45, 7) is 0. The fraction of sp³-hybridized carbons (Fsp3) is 0. The van der Waals surface area contributed by atoms with E-state index in [9.17, 15) is 0 Å². The number of hydrogen-bond donors (Lipinski definition) is 0. The molecule has 0 heterocycles. The average Bonchev–Trinajstić information content (AvgIpc) is 2.97. The predicted molar refractivity (Wildman–Crippen MR) is 156 cm³/mol. The first-order valence-electron chi connectivity index (χ1n) is 11.6. The molecule has 176 valence electrons. The van der Waals surface area contributed by atoms with Gasteiger partial charge in [-0.2, -0.15) is 0 Å². The van der Waals surface area contributed by atoms with Crippen LogP contribution in [0.3, 0.4) is 0 Å². The molecule has 0 saturated heterocycles. The largest absolute Gasteiger partial charge is 0.295 e. The monoisotopic (exact) mass is 504 g/mol. The van der Waals surface area contributed by atoms with E-state index in [0.29, 0.717) is 0 Å². The van der Waals surface area contributed by atoms with Gasteiger partial charge in [-0.25, -0.2) is 0 Å². The van der Waals surface area contributed by atoms with Crippen LogP contribution in [0.2, 0.25) is 0 Å². The van der Waals surface area contributed by atoms with Gasteiger partial charge >= 0.3 is 0 Å². The highest BCUT2D eigenvalue weighted by Gasteiger charge is 2.19. The van der Waals surface area contributed by atoms with Crippen LogP contribution >= 0.6 is 15.8 Å². The quantitative estimate of drug-likeness (QED) is 0.185. The van der Waals surface area contributed by atoms with Gasteiger partial charge in [0.2, 0.25) is 0 Å². The minimum absolute atomic E-state index is 0.194. The lowest BCUT2D eigenvalue weighted by Gasteiger charge is -2.22. The molecule has 5 rings (SSSR count). The molecular weight excluding hydrogens is 478 g/mol. The third-order valence-electron chi connectivity index (χ3n) is 5.48. The number of carbonyl (C=O) groups is 2. The molecule has 4 heteroatoms. The molecule has 0 amide bonds. The van der Waals surface area contributed by atoms with Crippen LogP contribution in [-0.2, 0) is 9.59 Å². The smallest absolute Gasteiger partial charge is 0.182 e. The van der Waals surface area contributed by atoms with Gasteiger partial charge in [0, 0.05) is 0 Å². The van der Waals surface area contributed by atoms with E-state index >= 15 is 0 Å². The van der Waals surface area contributed by atoms with Crippen molar-refractivity contribution < 1.29 is 9.59 Å². The molecule has 5 aromatic carbocycles. The highest BCUT2D eigenvalue weighted by molar-refractivity contribution is 7.80. The first-order chi connectivity index (χ1) is 17.8. The molecule has 0 aliphatic heterocycles. The molecule has 0 N–H and O–H groups in total. The first kappa shape index (κ1) is 25.4. The van der Waals surface area contributed by atoms with Gasteiger partial charge in [0.25, 0.3) is 0 Å². The molecule has 5 aromatic rings. The number of benzene rings is 5. The van der Waals surface area contributed by atoms with E-state index in [0.717, 1.165) is 0 Å². The number of carbonyl (C=O) groups excluding carboxylic acids is 2. The van der Waals surface area contributed by atoms with Crippen molar-refractivity contribution in [2.45, 2.75) is 0 Å². The van der Waals surface area contributed by atoms with E-state index in [-0.39, 0.29) is 12.6 Å². The molecule has 0 aliphatic rings. The molecule has 0 radical (unpaired) electrons. The summed E-state index contributed by atoms with van der Waals surface area (Å²) in [5.74, 6) is 0. The van der Waals surface area contributed by atoms with E-state index in [4.69, 9.17) is 9.59 Å². The van der Waals surface area contributed by atoms with Crippen molar-refractivity contribution in [1.82, 2.24) is 0 Å². The molecule has 0 aromatic heterocycles. The van der Waals surface area contributed by atoms with E-state index < -0.39 is 15.8 Å². The van der Waals surface area contributed by atoms with Gasteiger partial charge in [-0.1, -0.05) is 146 Å². The zero-order valence-corrected chi connectivity index (χ0v) is 21.5. The standard InChI is InChI=1S/C30H24P2.C2H2O2/c1-5-13-25(14-6-1)31(26-15-7-2-8-16-26)29-21-23-30(24-22-29)32(27-17-9-3-10-18-27)28-19-11-4-12-20-28;3-1-2-4/h1-24H;1-2H. The molecule has 0 aliphatic carbocycles. The maximum atomic E-state index is 8.81. The Kier molecular flexibility index (Phi) is 9.46. The minimum atomic E-state index is -0.579. The third kappa shape index (κ3) is 6.49. The van der Waals surface area contributed by atoms with Crippen molar-refractivity contribution in [1.29, 1.82) is 0 Å². The maximum Gasteiger partial charge on any atom is 0.182 e. The molecule has 0 spiro atoms. The second-order valence-corrected chi connectivity index (χ2v) is 12.2. The molecule has 0 fully saturated rings. The summed E-state index contributed by atoms with van der Waals surface area (Å²) in [5, 5.41) is 8.31. The summed E-state index contributed by atoms with van der Waals surface area (Å²) in [5.41, 5.74) is 0. The van der Waals surface area contributed by atoms with Crippen LogP contribution in [0.4, 0.5) is 0 Å². The van der Waals surface area contributed by atoms with Gasteiger partial charge in [-0.15, -0.1) is 0 Å². The minimum Gasteiger partial charge on any atom is -0.295 e. The lowest BCUT2D eigenvalue weighted by molar-refractivity contribution is -0.122.